The molecule has 1 unspecified atom stereocenters. The van der Waals surface area contributed by atoms with Crippen LogP contribution in [0.25, 0.3) is 0 Å². The molecule has 0 amide bonds. The van der Waals surface area contributed by atoms with Gasteiger partial charge in [0.15, 0.2) is 0 Å². The number of allylic oxidation sites excluding steroid dienone is 2. The van der Waals surface area contributed by atoms with Gasteiger partial charge in [-0.1, -0.05) is 19.9 Å². The van der Waals surface area contributed by atoms with E-state index in [0.29, 0.717) is 0 Å². The van der Waals surface area contributed by atoms with E-state index in [9.17, 15) is 0 Å². The molecule has 1 heterocycles. The average Bonchev–Trinajstić information content (AvgIpc) is 2.33. The third-order valence-electron chi connectivity index (χ3n) is 3.05. The third kappa shape index (κ3) is 4.12. The van der Waals surface area contributed by atoms with Crippen molar-refractivity contribution in [2.45, 2.75) is 52.0 Å². The molecular formula is C14H23N3. The maximum absolute atomic E-state index is 6.13. The van der Waals surface area contributed by atoms with Crippen LogP contribution >= 0.6 is 0 Å². The molecule has 3 N–H and O–H groups in total. The van der Waals surface area contributed by atoms with Gasteiger partial charge in [0.05, 0.1) is 23.8 Å². The Morgan fingerprint density at radius 2 is 2.41 bits per heavy atom. The van der Waals surface area contributed by atoms with Crippen molar-refractivity contribution in [2.75, 3.05) is 0 Å². The molecule has 0 bridgehead atoms. The van der Waals surface area contributed by atoms with Gasteiger partial charge in [0.1, 0.15) is 0 Å². The van der Waals surface area contributed by atoms with Gasteiger partial charge in [-0.15, -0.1) is 5.73 Å². The Morgan fingerprint density at radius 1 is 1.65 bits per heavy atom. The predicted molar refractivity (Wildman–Crippen MR) is 73.7 cm³/mol. The molecule has 0 spiro atoms. The summed E-state index contributed by atoms with van der Waals surface area (Å²) in [5.41, 5.74) is 12.2. The number of nitrogens with zero attached hydrogens (tertiary/aromatic N) is 1. The Labute approximate surface area is 104 Å². The second-order valence-electron chi connectivity index (χ2n) is 4.48. The van der Waals surface area contributed by atoms with Crippen molar-refractivity contribution in [3.63, 3.8) is 0 Å². The van der Waals surface area contributed by atoms with Gasteiger partial charge in [0.25, 0.3) is 0 Å². The summed E-state index contributed by atoms with van der Waals surface area (Å²) in [5.74, 6) is 0. The van der Waals surface area contributed by atoms with Gasteiger partial charge in [-0.05, 0) is 38.2 Å². The highest BCUT2D eigenvalue weighted by atomic mass is 15.0. The van der Waals surface area contributed by atoms with Crippen molar-refractivity contribution in [2.24, 2.45) is 10.7 Å². The third-order valence-corrected chi connectivity index (χ3v) is 3.05. The molecular weight excluding hydrogens is 210 g/mol. The summed E-state index contributed by atoms with van der Waals surface area (Å²) < 4.78 is 0. The fraction of sp³-hybridized carbons (Fsp3) is 0.571. The molecule has 1 aliphatic heterocycles. The van der Waals surface area contributed by atoms with Gasteiger partial charge in [-0.2, -0.15) is 0 Å². The van der Waals surface area contributed by atoms with E-state index < -0.39 is 0 Å². The van der Waals surface area contributed by atoms with Crippen LogP contribution in [0, 0.1) is 0 Å². The molecule has 0 aromatic rings. The molecule has 0 aromatic carbocycles. The summed E-state index contributed by atoms with van der Waals surface area (Å²) in [4.78, 5) is 4.34. The van der Waals surface area contributed by atoms with Crippen LogP contribution in [-0.4, -0.2) is 12.4 Å². The molecule has 1 atom stereocenters. The molecule has 3 nitrogen and oxygen atoms in total. The molecule has 0 radical (unpaired) electrons. The maximum Gasteiger partial charge on any atom is 0.0888 e. The summed E-state index contributed by atoms with van der Waals surface area (Å²) in [6.07, 6.45) is 6.97. The van der Waals surface area contributed by atoms with E-state index in [0.717, 1.165) is 43.5 Å². The zero-order chi connectivity index (χ0) is 12.7. The smallest absolute Gasteiger partial charge is 0.0888 e. The molecule has 0 saturated carbocycles. The first-order chi connectivity index (χ1) is 8.19. The first kappa shape index (κ1) is 13.6. The number of nitrogens with two attached hydrogens (primary N) is 1. The standard InChI is InChI=1S/C14H23N3/c1-4-7-12-14(15)13(17-10-16-12)9-6-8-11(3)5-2/h10,12H,2,4,6-9,15H2,1,3H3,(H,16,17). The fourth-order valence-corrected chi connectivity index (χ4v) is 1.92. The molecule has 1 rings (SSSR count). The van der Waals surface area contributed by atoms with E-state index in [1.54, 1.807) is 6.34 Å². The van der Waals surface area contributed by atoms with Crippen molar-refractivity contribution in [3.8, 4) is 0 Å². The van der Waals surface area contributed by atoms with Gasteiger partial charge in [-0.25, -0.2) is 4.99 Å². The second kappa shape index (κ2) is 6.97. The molecule has 94 valence electrons. The summed E-state index contributed by atoms with van der Waals surface area (Å²) in [5, 5.41) is 3.21. The molecule has 1 aliphatic rings. The van der Waals surface area contributed by atoms with Crippen molar-refractivity contribution in [1.82, 2.24) is 5.32 Å². The van der Waals surface area contributed by atoms with Crippen LogP contribution in [0.1, 0.15) is 46.0 Å². The van der Waals surface area contributed by atoms with Crippen LogP contribution in [-0.2, 0) is 0 Å². The maximum atomic E-state index is 6.13. The van der Waals surface area contributed by atoms with Crippen LogP contribution in [0.3, 0.4) is 0 Å². The zero-order valence-corrected chi connectivity index (χ0v) is 10.9. The quantitative estimate of drug-likeness (QED) is 0.693. The molecule has 0 fully saturated rings. The largest absolute Gasteiger partial charge is 0.399 e. The molecule has 0 aliphatic carbocycles. The summed E-state index contributed by atoms with van der Waals surface area (Å²) in [6.45, 7) is 7.86. The first-order valence-electron chi connectivity index (χ1n) is 6.31. The number of hydrogen-bond acceptors (Lipinski definition) is 3. The minimum atomic E-state index is 0.267. The Morgan fingerprint density at radius 3 is 3.06 bits per heavy atom. The van der Waals surface area contributed by atoms with Crippen molar-refractivity contribution >= 4 is 6.34 Å². The van der Waals surface area contributed by atoms with E-state index >= 15 is 0 Å². The number of hydrogen-bond donors (Lipinski definition) is 2. The predicted octanol–water partition coefficient (Wildman–Crippen LogP) is 2.86. The van der Waals surface area contributed by atoms with E-state index in [1.165, 1.54) is 5.57 Å². The Kier molecular flexibility index (Phi) is 5.58. The minimum Gasteiger partial charge on any atom is -0.399 e. The number of rotatable bonds is 6. The highest BCUT2D eigenvalue weighted by Gasteiger charge is 2.16. The SMILES string of the molecule is C=C=C(C)CCCC1=C(N)C(CCC)NC=N1. The van der Waals surface area contributed by atoms with Gasteiger partial charge in [0.2, 0.25) is 0 Å². The van der Waals surface area contributed by atoms with E-state index in [1.807, 2.05) is 0 Å². The summed E-state index contributed by atoms with van der Waals surface area (Å²) in [6, 6.07) is 0.267. The molecule has 17 heavy (non-hydrogen) atoms. The van der Waals surface area contributed by atoms with Crippen LogP contribution in [0.2, 0.25) is 0 Å². The lowest BCUT2D eigenvalue weighted by molar-refractivity contribution is 0.595. The Bertz CT molecular complexity index is 360. The lowest BCUT2D eigenvalue weighted by Crippen LogP contribution is -2.36. The monoisotopic (exact) mass is 233 g/mol. The van der Waals surface area contributed by atoms with Crippen LogP contribution in [0.5, 0.6) is 0 Å². The Balaban J connectivity index is 2.53. The van der Waals surface area contributed by atoms with E-state index in [2.05, 4.69) is 36.5 Å². The van der Waals surface area contributed by atoms with Gasteiger partial charge < -0.3 is 11.1 Å². The highest BCUT2D eigenvalue weighted by Crippen LogP contribution is 2.19. The first-order valence-corrected chi connectivity index (χ1v) is 6.31. The number of aliphatic imine (C=N–C) groups is 1. The van der Waals surface area contributed by atoms with Gasteiger partial charge in [-0.3, -0.25) is 0 Å². The van der Waals surface area contributed by atoms with Gasteiger partial charge >= 0.3 is 0 Å². The number of nitrogens with one attached hydrogen (secondary N) is 1. The van der Waals surface area contributed by atoms with E-state index in [4.69, 9.17) is 5.73 Å². The summed E-state index contributed by atoms with van der Waals surface area (Å²) in [7, 11) is 0. The van der Waals surface area contributed by atoms with Crippen LogP contribution in [0.4, 0.5) is 0 Å². The molecule has 0 saturated heterocycles. The fourth-order valence-electron chi connectivity index (χ4n) is 1.92. The highest BCUT2D eigenvalue weighted by molar-refractivity contribution is 5.60. The lowest BCUT2D eigenvalue weighted by atomic mass is 10.0. The van der Waals surface area contributed by atoms with Crippen molar-refractivity contribution in [3.05, 3.63) is 29.3 Å². The topological polar surface area (TPSA) is 50.4 Å². The Hall–Kier alpha value is -1.47. The average molecular weight is 233 g/mol. The normalized spacial score (nSPS) is 18.8. The van der Waals surface area contributed by atoms with Crippen molar-refractivity contribution in [1.29, 1.82) is 0 Å². The van der Waals surface area contributed by atoms with Crippen molar-refractivity contribution < 1.29 is 0 Å². The zero-order valence-electron chi connectivity index (χ0n) is 10.9. The summed E-state index contributed by atoms with van der Waals surface area (Å²) >= 11 is 0. The molecule has 3 heteroatoms. The van der Waals surface area contributed by atoms with Crippen LogP contribution < -0.4 is 11.1 Å². The lowest BCUT2D eigenvalue weighted by Gasteiger charge is -2.22. The minimum absolute atomic E-state index is 0.267. The van der Waals surface area contributed by atoms with Crippen LogP contribution in [0.15, 0.2) is 34.3 Å². The molecule has 0 aromatic heterocycles. The van der Waals surface area contributed by atoms with Gasteiger partial charge in [0, 0.05) is 0 Å². The second-order valence-corrected chi connectivity index (χ2v) is 4.48. The van der Waals surface area contributed by atoms with E-state index in [-0.39, 0.29) is 6.04 Å².